The number of rotatable bonds is 22. The molecule has 0 spiro atoms. The topological polar surface area (TPSA) is 64.5 Å². The number of aromatic nitrogens is 2. The number of aldehydes is 1. The van der Waals surface area contributed by atoms with Gasteiger partial charge in [0.1, 0.15) is 11.0 Å². The van der Waals surface area contributed by atoms with Crippen LogP contribution in [-0.2, 0) is 0 Å². The van der Waals surface area contributed by atoms with Crippen LogP contribution in [0.3, 0.4) is 0 Å². The van der Waals surface area contributed by atoms with Crippen molar-refractivity contribution in [2.45, 2.75) is 90.9 Å². The Morgan fingerprint density at radius 3 is 1.58 bits per heavy atom. The molecule has 0 unspecified atom stereocenters. The van der Waals surface area contributed by atoms with Gasteiger partial charge in [0, 0.05) is 21.9 Å². The summed E-state index contributed by atoms with van der Waals surface area (Å²) in [6.45, 7) is 5.64. The molecule has 0 radical (unpaired) electrons. The van der Waals surface area contributed by atoms with Crippen LogP contribution in [0.25, 0.3) is 32.6 Å². The van der Waals surface area contributed by atoms with Crippen molar-refractivity contribution in [1.82, 2.24) is 8.75 Å². The van der Waals surface area contributed by atoms with Gasteiger partial charge < -0.3 is 14.4 Å². The average molecular weight is 746 g/mol. The van der Waals surface area contributed by atoms with Crippen molar-refractivity contribution in [1.29, 1.82) is 0 Å². The van der Waals surface area contributed by atoms with E-state index in [2.05, 4.69) is 91.5 Å². The Morgan fingerprint density at radius 1 is 0.566 bits per heavy atom. The second-order valence-electron chi connectivity index (χ2n) is 13.5. The number of hydrogen-bond donors (Lipinski definition) is 0. The van der Waals surface area contributed by atoms with E-state index in [9.17, 15) is 4.79 Å². The molecule has 53 heavy (non-hydrogen) atoms. The standard InChI is InChI=1S/C45H51N3O3S2/c1-3-5-7-9-11-19-31-50-44-40(34-25-27-37(28-26-34)48(35-21-15-13-16-22-35)36-23-17-14-18-24-36)42-43(47-53-46-42)41(39-30-29-38(33-49)52-39)45(44)51-32-20-12-10-8-6-4-2/h13-18,21-30,33H,3-12,19-20,31-32H2,1-2H3. The third kappa shape index (κ3) is 9.72. The van der Waals surface area contributed by atoms with Gasteiger partial charge in [-0.1, -0.05) is 127 Å². The Kier molecular flexibility index (Phi) is 14.5. The lowest BCUT2D eigenvalue weighted by atomic mass is 9.97. The van der Waals surface area contributed by atoms with Crippen LogP contribution in [0.1, 0.15) is 101 Å². The van der Waals surface area contributed by atoms with Gasteiger partial charge in [-0.25, -0.2) is 0 Å². The molecule has 276 valence electrons. The Hall–Kier alpha value is -4.53. The van der Waals surface area contributed by atoms with Crippen molar-refractivity contribution in [2.24, 2.45) is 0 Å². The third-order valence-corrected chi connectivity index (χ3v) is 11.1. The maximum atomic E-state index is 11.8. The van der Waals surface area contributed by atoms with Crippen LogP contribution in [0.5, 0.6) is 11.5 Å². The molecule has 6 nitrogen and oxygen atoms in total. The zero-order valence-corrected chi connectivity index (χ0v) is 32.7. The number of anilines is 3. The molecule has 0 N–H and O–H groups in total. The van der Waals surface area contributed by atoms with Crippen LogP contribution in [0, 0.1) is 0 Å². The summed E-state index contributed by atoms with van der Waals surface area (Å²) >= 11 is 2.65. The molecule has 2 aromatic heterocycles. The molecule has 0 saturated heterocycles. The Morgan fingerprint density at radius 2 is 1.06 bits per heavy atom. The van der Waals surface area contributed by atoms with Crippen molar-refractivity contribution in [3.8, 4) is 33.1 Å². The van der Waals surface area contributed by atoms with Crippen LogP contribution in [0.15, 0.2) is 97.1 Å². The summed E-state index contributed by atoms with van der Waals surface area (Å²) in [5, 5.41) is 0. The lowest BCUT2D eigenvalue weighted by Gasteiger charge is -2.26. The minimum Gasteiger partial charge on any atom is -0.489 e. The summed E-state index contributed by atoms with van der Waals surface area (Å²) < 4.78 is 23.4. The van der Waals surface area contributed by atoms with Crippen LogP contribution >= 0.6 is 23.1 Å². The van der Waals surface area contributed by atoms with E-state index in [1.807, 2.05) is 24.3 Å². The zero-order valence-electron chi connectivity index (χ0n) is 31.1. The highest BCUT2D eigenvalue weighted by atomic mass is 32.1. The van der Waals surface area contributed by atoms with Crippen molar-refractivity contribution in [3.63, 3.8) is 0 Å². The molecule has 0 fully saturated rings. The lowest BCUT2D eigenvalue weighted by molar-refractivity contribution is 0.112. The highest BCUT2D eigenvalue weighted by Crippen LogP contribution is 2.52. The maximum absolute atomic E-state index is 11.8. The minimum absolute atomic E-state index is 0.572. The van der Waals surface area contributed by atoms with Crippen LogP contribution < -0.4 is 14.4 Å². The third-order valence-electron chi connectivity index (χ3n) is 9.54. The monoisotopic (exact) mass is 745 g/mol. The number of fused-ring (bicyclic) bond motifs is 1. The molecular weight excluding hydrogens is 695 g/mol. The Balaban J connectivity index is 1.43. The molecule has 0 atom stereocenters. The quantitative estimate of drug-likeness (QED) is 0.0509. The summed E-state index contributed by atoms with van der Waals surface area (Å²) in [7, 11) is 0. The number of thiophene rings is 1. The number of unbranched alkanes of at least 4 members (excludes halogenated alkanes) is 10. The average Bonchev–Trinajstić information content (AvgIpc) is 3.89. The maximum Gasteiger partial charge on any atom is 0.172 e. The molecule has 0 saturated carbocycles. The summed E-state index contributed by atoms with van der Waals surface area (Å²) in [4.78, 5) is 15.7. The van der Waals surface area contributed by atoms with Crippen molar-refractivity contribution in [3.05, 3.63) is 102 Å². The fourth-order valence-corrected chi connectivity index (χ4v) is 8.20. The van der Waals surface area contributed by atoms with Gasteiger partial charge in [-0.15, -0.1) is 11.3 Å². The van der Waals surface area contributed by atoms with Crippen molar-refractivity contribution in [2.75, 3.05) is 18.1 Å². The van der Waals surface area contributed by atoms with E-state index < -0.39 is 0 Å². The predicted octanol–water partition coefficient (Wildman–Crippen LogP) is 13.8. The second kappa shape index (κ2) is 20.1. The van der Waals surface area contributed by atoms with E-state index in [4.69, 9.17) is 18.2 Å². The summed E-state index contributed by atoms with van der Waals surface area (Å²) in [6, 6.07) is 33.4. The van der Waals surface area contributed by atoms with Gasteiger partial charge >= 0.3 is 0 Å². The molecule has 8 heteroatoms. The van der Waals surface area contributed by atoms with E-state index in [0.29, 0.717) is 29.6 Å². The normalized spacial score (nSPS) is 11.2. The number of hydrogen-bond acceptors (Lipinski definition) is 8. The van der Waals surface area contributed by atoms with E-state index in [1.165, 1.54) is 74.4 Å². The molecule has 0 aliphatic carbocycles. The Labute approximate surface area is 323 Å². The molecule has 0 aliphatic rings. The number of carbonyl (C=O) groups excluding carboxylic acids is 1. The van der Waals surface area contributed by atoms with Gasteiger partial charge in [0.2, 0.25) is 0 Å². The van der Waals surface area contributed by atoms with E-state index in [-0.39, 0.29) is 0 Å². The van der Waals surface area contributed by atoms with Crippen LogP contribution in [0.2, 0.25) is 0 Å². The smallest absolute Gasteiger partial charge is 0.172 e. The highest BCUT2D eigenvalue weighted by Gasteiger charge is 2.28. The summed E-state index contributed by atoms with van der Waals surface area (Å²) in [5.74, 6) is 1.40. The van der Waals surface area contributed by atoms with Crippen molar-refractivity contribution < 1.29 is 14.3 Å². The fourth-order valence-electron chi connectivity index (χ4n) is 6.77. The fraction of sp³-hybridized carbons (Fsp3) is 0.356. The van der Waals surface area contributed by atoms with Crippen molar-refractivity contribution >= 4 is 57.4 Å². The number of para-hydroxylation sites is 2. The van der Waals surface area contributed by atoms with Gasteiger partial charge in [0.25, 0.3) is 0 Å². The molecule has 6 aromatic rings. The molecule has 6 rings (SSSR count). The van der Waals surface area contributed by atoms with E-state index >= 15 is 0 Å². The zero-order chi connectivity index (χ0) is 36.7. The lowest BCUT2D eigenvalue weighted by Crippen LogP contribution is -2.09. The number of benzene rings is 4. The molecule has 0 bridgehead atoms. The van der Waals surface area contributed by atoms with Crippen LogP contribution in [-0.4, -0.2) is 28.2 Å². The highest BCUT2D eigenvalue weighted by molar-refractivity contribution is 7.17. The largest absolute Gasteiger partial charge is 0.489 e. The van der Waals surface area contributed by atoms with Gasteiger partial charge in [0.15, 0.2) is 17.8 Å². The molecule has 2 heterocycles. The molecule has 0 aliphatic heterocycles. The summed E-state index contributed by atoms with van der Waals surface area (Å²) in [6.07, 6.45) is 15.0. The number of ether oxygens (including phenoxy) is 2. The predicted molar refractivity (Wildman–Crippen MR) is 224 cm³/mol. The number of carbonyl (C=O) groups is 1. The Bertz CT molecular complexity index is 1950. The van der Waals surface area contributed by atoms with Gasteiger partial charge in [0.05, 0.1) is 40.9 Å². The number of nitrogens with zero attached hydrogens (tertiary/aromatic N) is 3. The van der Waals surface area contributed by atoms with Gasteiger partial charge in [-0.05, 0) is 66.9 Å². The second-order valence-corrected chi connectivity index (χ2v) is 15.1. The first-order valence-corrected chi connectivity index (χ1v) is 20.9. The first-order valence-electron chi connectivity index (χ1n) is 19.4. The van der Waals surface area contributed by atoms with Gasteiger partial charge in [-0.3, -0.25) is 4.79 Å². The molecule has 4 aromatic carbocycles. The first kappa shape index (κ1) is 38.2. The first-order chi connectivity index (χ1) is 26.2. The molecule has 0 amide bonds. The van der Waals surface area contributed by atoms with E-state index in [0.717, 1.165) is 81.6 Å². The summed E-state index contributed by atoms with van der Waals surface area (Å²) in [5.41, 5.74) is 7.51. The van der Waals surface area contributed by atoms with Crippen LogP contribution in [0.4, 0.5) is 17.1 Å². The SMILES string of the molecule is CCCCCCCCOc1c(OCCCCCCCC)c(-c2ccc(C=O)s2)c2nsnc2c1-c1ccc(N(c2ccccc2)c2ccccc2)cc1. The van der Waals surface area contributed by atoms with Gasteiger partial charge in [-0.2, -0.15) is 8.75 Å². The van der Waals surface area contributed by atoms with E-state index in [1.54, 1.807) is 0 Å². The minimum atomic E-state index is 0.572. The molecular formula is C45H51N3O3S2.